The zero-order valence-corrected chi connectivity index (χ0v) is 25.9. The average molecular weight is 636 g/mol. The minimum absolute atomic E-state index is 0.0160. The van der Waals surface area contributed by atoms with Crippen LogP contribution < -0.4 is 11.0 Å². The van der Waals surface area contributed by atoms with Crippen molar-refractivity contribution in [3.8, 4) is 22.8 Å². The van der Waals surface area contributed by atoms with Crippen LogP contribution >= 0.6 is 0 Å². The molecule has 1 fully saturated rings. The van der Waals surface area contributed by atoms with Gasteiger partial charge < -0.3 is 14.7 Å². The number of benzene rings is 2. The van der Waals surface area contributed by atoms with Crippen LogP contribution in [-0.2, 0) is 11.0 Å². The summed E-state index contributed by atoms with van der Waals surface area (Å²) >= 11 is 0. The second kappa shape index (κ2) is 12.3. The number of likely N-dealkylation sites (tertiary alicyclic amines) is 1. The Morgan fingerprint density at radius 3 is 2.33 bits per heavy atom. The molecular formula is C32H34F3N8O3+. The lowest BCUT2D eigenvalue weighted by molar-refractivity contribution is -0.862. The Labute approximate surface area is 263 Å². The molecule has 5 rings (SSSR count). The number of nitrogens with zero attached hydrogens (tertiary/aromatic N) is 7. The number of carbonyl (C=O) groups excluding carboxylic acids is 2. The van der Waals surface area contributed by atoms with Gasteiger partial charge in [-0.15, -0.1) is 0 Å². The third-order valence-corrected chi connectivity index (χ3v) is 7.81. The molecule has 1 saturated heterocycles. The molecule has 0 unspecified atom stereocenters. The van der Waals surface area contributed by atoms with Gasteiger partial charge in [-0.1, -0.05) is 18.2 Å². The molecule has 11 nitrogen and oxygen atoms in total. The number of likely N-dealkylation sites (N-methyl/N-ethyl adjacent to an activating group) is 1. The van der Waals surface area contributed by atoms with Crippen molar-refractivity contribution in [2.75, 3.05) is 40.8 Å². The molecule has 0 aliphatic carbocycles. The van der Waals surface area contributed by atoms with E-state index < -0.39 is 23.5 Å². The van der Waals surface area contributed by atoms with E-state index >= 15 is 0 Å². The molecule has 3 heterocycles. The van der Waals surface area contributed by atoms with Gasteiger partial charge in [-0.3, -0.25) is 9.36 Å². The second-order valence-electron chi connectivity index (χ2n) is 12.2. The minimum Gasteiger partial charge on any atom is -0.338 e. The fraction of sp³-hybridized carbons (Fsp3) is 0.344. The van der Waals surface area contributed by atoms with Gasteiger partial charge in [0.05, 0.1) is 62.2 Å². The molecule has 0 radical (unpaired) electrons. The van der Waals surface area contributed by atoms with Gasteiger partial charge in [-0.05, 0) is 56.2 Å². The molecule has 0 bridgehead atoms. The van der Waals surface area contributed by atoms with Crippen molar-refractivity contribution in [1.29, 1.82) is 0 Å². The Morgan fingerprint density at radius 2 is 1.72 bits per heavy atom. The van der Waals surface area contributed by atoms with E-state index in [1.165, 1.54) is 23.0 Å². The maximum absolute atomic E-state index is 14.0. The number of rotatable bonds is 6. The summed E-state index contributed by atoms with van der Waals surface area (Å²) in [5, 5.41) is 7.29. The van der Waals surface area contributed by atoms with Crippen LogP contribution in [0.4, 0.5) is 23.7 Å². The molecule has 0 saturated carbocycles. The minimum atomic E-state index is -4.64. The SMILES string of the molecule is [C-]#[N+]c1ccc(-n2nccc2-c2c(C)n(-c3cccc(C(F)(F)F)c3)c(=O)n2C(=O)NC2CCN(C(=O)C[N+](C)(C)C)CC2)cc1. The van der Waals surface area contributed by atoms with E-state index in [-0.39, 0.29) is 29.0 Å². The second-order valence-corrected chi connectivity index (χ2v) is 12.2. The topological polar surface area (TPSA) is 98.5 Å². The molecule has 4 aromatic rings. The van der Waals surface area contributed by atoms with Gasteiger partial charge in [0, 0.05) is 19.1 Å². The largest absolute Gasteiger partial charge is 0.416 e. The van der Waals surface area contributed by atoms with Crippen LogP contribution in [-0.4, -0.2) is 87.1 Å². The zero-order chi connectivity index (χ0) is 33.4. The molecule has 14 heteroatoms. The number of alkyl halides is 3. The highest BCUT2D eigenvalue weighted by atomic mass is 19.4. The number of imidazole rings is 1. The highest BCUT2D eigenvalue weighted by molar-refractivity contribution is 5.83. The van der Waals surface area contributed by atoms with Gasteiger partial charge in [-0.25, -0.2) is 23.7 Å². The summed E-state index contributed by atoms with van der Waals surface area (Å²) in [4.78, 5) is 45.8. The molecule has 1 N–H and O–H groups in total. The normalized spacial score (nSPS) is 14.3. The molecule has 1 aliphatic heterocycles. The fourth-order valence-corrected chi connectivity index (χ4v) is 5.60. The summed E-state index contributed by atoms with van der Waals surface area (Å²) in [6, 6.07) is 11.4. The Hall–Kier alpha value is -5.16. The summed E-state index contributed by atoms with van der Waals surface area (Å²) in [6.07, 6.45) is -2.22. The Morgan fingerprint density at radius 1 is 1.04 bits per heavy atom. The maximum atomic E-state index is 14.0. The first-order valence-corrected chi connectivity index (χ1v) is 14.6. The van der Waals surface area contributed by atoms with Crippen LogP contribution in [0.5, 0.6) is 0 Å². The summed E-state index contributed by atoms with van der Waals surface area (Å²) in [6.45, 7) is 9.99. The molecule has 0 spiro atoms. The standard InChI is InChI=1S/C32H33F3N8O3/c1-21-29(27-13-16-37-42(27)25-11-9-23(36-2)10-12-25)41(31(46)40(21)26-8-6-7-22(19-26)32(33,34)35)30(45)38-24-14-17-39(18-15-24)28(44)20-43(3,4)5/h6-13,16,19,24H,14-15,17-18,20H2,1,3-5H3/p+1. The average Bonchev–Trinajstić information content (AvgIpc) is 3.58. The summed E-state index contributed by atoms with van der Waals surface area (Å²) in [7, 11) is 5.80. The van der Waals surface area contributed by atoms with Crippen molar-refractivity contribution >= 4 is 17.6 Å². The number of quaternary nitrogens is 1. The molecule has 2 aromatic heterocycles. The van der Waals surface area contributed by atoms with E-state index in [4.69, 9.17) is 6.57 Å². The fourth-order valence-electron chi connectivity index (χ4n) is 5.60. The van der Waals surface area contributed by atoms with Crippen LogP contribution in [0.2, 0.25) is 0 Å². The quantitative estimate of drug-likeness (QED) is 0.247. The maximum Gasteiger partial charge on any atom is 0.416 e. The smallest absolute Gasteiger partial charge is 0.338 e. The van der Waals surface area contributed by atoms with E-state index in [9.17, 15) is 27.6 Å². The van der Waals surface area contributed by atoms with Gasteiger partial charge in [-0.2, -0.15) is 18.3 Å². The van der Waals surface area contributed by atoms with Crippen LogP contribution in [0, 0.1) is 13.5 Å². The van der Waals surface area contributed by atoms with Crippen molar-refractivity contribution in [3.05, 3.63) is 94.0 Å². The zero-order valence-electron chi connectivity index (χ0n) is 25.9. The lowest BCUT2D eigenvalue weighted by Gasteiger charge is -2.34. The molecular weight excluding hydrogens is 601 g/mol. The van der Waals surface area contributed by atoms with Crippen LogP contribution in [0.3, 0.4) is 0 Å². The number of hydrogen-bond acceptors (Lipinski definition) is 4. The van der Waals surface area contributed by atoms with Crippen LogP contribution in [0.15, 0.2) is 65.6 Å². The molecule has 1 aliphatic rings. The van der Waals surface area contributed by atoms with Crippen molar-refractivity contribution in [2.45, 2.75) is 32.0 Å². The number of amides is 2. The van der Waals surface area contributed by atoms with Crippen molar-refractivity contribution < 1.29 is 27.2 Å². The van der Waals surface area contributed by atoms with E-state index in [1.807, 2.05) is 21.1 Å². The predicted octanol–water partition coefficient (Wildman–Crippen LogP) is 4.62. The Balaban J connectivity index is 1.54. The highest BCUT2D eigenvalue weighted by Gasteiger charge is 2.33. The predicted molar refractivity (Wildman–Crippen MR) is 165 cm³/mol. The van der Waals surface area contributed by atoms with Crippen molar-refractivity contribution in [1.82, 2.24) is 29.1 Å². The number of nitrogens with one attached hydrogen (secondary N) is 1. The Kier molecular flexibility index (Phi) is 8.64. The van der Waals surface area contributed by atoms with Crippen molar-refractivity contribution in [2.24, 2.45) is 0 Å². The summed E-state index contributed by atoms with van der Waals surface area (Å²) < 4.78 is 44.9. The lowest BCUT2D eigenvalue weighted by atomic mass is 10.1. The first kappa shape index (κ1) is 32.2. The Bertz CT molecular complexity index is 1870. The van der Waals surface area contributed by atoms with Gasteiger partial charge >= 0.3 is 17.9 Å². The number of piperidine rings is 1. The first-order chi connectivity index (χ1) is 21.7. The van der Waals surface area contributed by atoms with Crippen LogP contribution in [0.1, 0.15) is 24.1 Å². The van der Waals surface area contributed by atoms with Gasteiger partial charge in [0.2, 0.25) is 0 Å². The molecule has 240 valence electrons. The van der Waals surface area contributed by atoms with Crippen molar-refractivity contribution in [3.63, 3.8) is 0 Å². The van der Waals surface area contributed by atoms with Gasteiger partial charge in [0.25, 0.3) is 5.91 Å². The van der Waals surface area contributed by atoms with Crippen LogP contribution in [0.25, 0.3) is 27.6 Å². The third-order valence-electron chi connectivity index (χ3n) is 7.81. The molecule has 2 amide bonds. The number of carbonyl (C=O) groups is 2. The number of aromatic nitrogens is 4. The summed E-state index contributed by atoms with van der Waals surface area (Å²) in [5.41, 5.74) is -0.187. The third kappa shape index (κ3) is 6.59. The van der Waals surface area contributed by atoms with E-state index in [2.05, 4.69) is 15.3 Å². The summed E-state index contributed by atoms with van der Waals surface area (Å²) in [5.74, 6) is 0.0160. The molecule has 2 aromatic carbocycles. The highest BCUT2D eigenvalue weighted by Crippen LogP contribution is 2.32. The van der Waals surface area contributed by atoms with Gasteiger partial charge in [0.1, 0.15) is 5.69 Å². The molecule has 0 atom stereocenters. The number of halogens is 3. The van der Waals surface area contributed by atoms with E-state index in [0.717, 1.165) is 21.3 Å². The van der Waals surface area contributed by atoms with E-state index in [1.54, 1.807) is 42.2 Å². The monoisotopic (exact) mass is 635 g/mol. The molecule has 46 heavy (non-hydrogen) atoms. The van der Waals surface area contributed by atoms with Gasteiger partial charge in [0.15, 0.2) is 12.2 Å². The first-order valence-electron chi connectivity index (χ1n) is 14.6. The number of hydrogen-bond donors (Lipinski definition) is 1. The lowest BCUT2D eigenvalue weighted by Crippen LogP contribution is -2.52. The van der Waals surface area contributed by atoms with E-state index in [0.29, 0.717) is 54.0 Å².